The molecule has 122 valence electrons. The van der Waals surface area contributed by atoms with Crippen LogP contribution in [0.1, 0.15) is 12.8 Å². The van der Waals surface area contributed by atoms with Crippen LogP contribution in [-0.4, -0.2) is 66.1 Å². The Bertz CT molecular complexity index is 439. The summed E-state index contributed by atoms with van der Waals surface area (Å²) in [5.41, 5.74) is -2.74. The zero-order valence-electron chi connectivity index (χ0n) is 11.7. The minimum absolute atomic E-state index is 0. The van der Waals surface area contributed by atoms with Crippen molar-refractivity contribution in [3.05, 3.63) is 12.2 Å². The van der Waals surface area contributed by atoms with Crippen molar-refractivity contribution < 1.29 is 93.6 Å². The molecule has 0 aromatic rings. The van der Waals surface area contributed by atoms with E-state index in [2.05, 4.69) is 0 Å². The SMILES string of the molecule is O=C(O)/C=C/C(=O)O.O=C(O)CC(O)(CC(=O)O)C(=O)O.[Zn].[Zn]. The van der Waals surface area contributed by atoms with E-state index in [4.69, 9.17) is 30.6 Å². The van der Waals surface area contributed by atoms with Crippen LogP contribution in [0.25, 0.3) is 0 Å². The zero-order chi connectivity index (χ0) is 17.2. The molecule has 0 bridgehead atoms. The monoisotopic (exact) mass is 436 g/mol. The van der Waals surface area contributed by atoms with Crippen molar-refractivity contribution in [1.82, 2.24) is 0 Å². The summed E-state index contributed by atoms with van der Waals surface area (Å²) < 4.78 is 0. The van der Waals surface area contributed by atoms with E-state index < -0.39 is 48.3 Å². The summed E-state index contributed by atoms with van der Waals surface area (Å²) in [5, 5.41) is 49.4. The van der Waals surface area contributed by atoms with Crippen molar-refractivity contribution in [2.24, 2.45) is 0 Å². The quantitative estimate of drug-likeness (QED) is 0.198. The Morgan fingerprint density at radius 3 is 1.09 bits per heavy atom. The molecule has 0 saturated carbocycles. The summed E-state index contributed by atoms with van der Waals surface area (Å²) in [6.45, 7) is 0. The van der Waals surface area contributed by atoms with E-state index in [1.807, 2.05) is 0 Å². The van der Waals surface area contributed by atoms with Gasteiger partial charge >= 0.3 is 29.8 Å². The summed E-state index contributed by atoms with van der Waals surface area (Å²) in [4.78, 5) is 49.6. The Labute approximate surface area is 154 Å². The third kappa shape index (κ3) is 18.2. The third-order valence-electron chi connectivity index (χ3n) is 1.65. The number of hydrogen-bond acceptors (Lipinski definition) is 6. The molecular weight excluding hydrogens is 427 g/mol. The minimum atomic E-state index is -2.74. The molecule has 13 heteroatoms. The molecule has 0 atom stereocenters. The third-order valence-corrected chi connectivity index (χ3v) is 1.65. The van der Waals surface area contributed by atoms with Crippen LogP contribution in [0.2, 0.25) is 0 Å². The number of carboxylic acids is 5. The van der Waals surface area contributed by atoms with Gasteiger partial charge in [0, 0.05) is 51.1 Å². The maximum absolute atomic E-state index is 10.3. The van der Waals surface area contributed by atoms with E-state index in [9.17, 15) is 24.0 Å². The van der Waals surface area contributed by atoms with Crippen molar-refractivity contribution >= 4 is 29.8 Å². The molecule has 23 heavy (non-hydrogen) atoms. The van der Waals surface area contributed by atoms with E-state index in [1.54, 1.807) is 0 Å². The number of hydrogen-bond donors (Lipinski definition) is 6. The molecule has 0 amide bonds. The summed E-state index contributed by atoms with van der Waals surface area (Å²) in [7, 11) is 0. The van der Waals surface area contributed by atoms with Crippen LogP contribution in [-0.2, 0) is 62.9 Å². The fourth-order valence-electron chi connectivity index (χ4n) is 0.857. The van der Waals surface area contributed by atoms with Gasteiger partial charge in [-0.3, -0.25) is 9.59 Å². The first-order valence-electron chi connectivity index (χ1n) is 4.94. The molecule has 0 radical (unpaired) electrons. The van der Waals surface area contributed by atoms with Gasteiger partial charge < -0.3 is 30.6 Å². The molecule has 0 aliphatic rings. The molecule has 0 aromatic heterocycles. The van der Waals surface area contributed by atoms with E-state index in [-0.39, 0.29) is 39.0 Å². The van der Waals surface area contributed by atoms with E-state index in [0.717, 1.165) is 0 Å². The van der Waals surface area contributed by atoms with Crippen LogP contribution in [0.4, 0.5) is 0 Å². The average molecular weight is 439 g/mol. The van der Waals surface area contributed by atoms with Crippen LogP contribution in [0, 0.1) is 0 Å². The Balaban J connectivity index is -0.000000158. The van der Waals surface area contributed by atoms with Crippen molar-refractivity contribution in [2.75, 3.05) is 0 Å². The van der Waals surface area contributed by atoms with Gasteiger partial charge in [0.1, 0.15) is 0 Å². The zero-order valence-corrected chi connectivity index (χ0v) is 17.6. The predicted molar refractivity (Wildman–Crippen MR) is 61.5 cm³/mol. The molecule has 0 unspecified atom stereocenters. The van der Waals surface area contributed by atoms with Gasteiger partial charge in [0.25, 0.3) is 0 Å². The second kappa shape index (κ2) is 13.9. The van der Waals surface area contributed by atoms with E-state index in [0.29, 0.717) is 12.2 Å². The maximum atomic E-state index is 10.3. The van der Waals surface area contributed by atoms with Crippen molar-refractivity contribution in [3.63, 3.8) is 0 Å². The van der Waals surface area contributed by atoms with Gasteiger partial charge in [-0.05, 0) is 0 Å². The van der Waals surface area contributed by atoms with Gasteiger partial charge in [-0.2, -0.15) is 0 Å². The predicted octanol–water partition coefficient (Wildman–Crippen LogP) is -1.54. The molecule has 0 aromatic carbocycles. The Kier molecular flexibility index (Phi) is 17.8. The Morgan fingerprint density at radius 2 is 0.957 bits per heavy atom. The normalized spacial score (nSPS) is 9.43. The molecule has 0 fully saturated rings. The van der Waals surface area contributed by atoms with Crippen LogP contribution < -0.4 is 0 Å². The van der Waals surface area contributed by atoms with Gasteiger partial charge in [-0.15, -0.1) is 0 Å². The number of carboxylic acid groups (broad SMARTS) is 5. The molecule has 0 saturated heterocycles. The average Bonchev–Trinajstić information content (AvgIpc) is 2.24. The molecule has 0 rings (SSSR count). The number of rotatable bonds is 7. The summed E-state index contributed by atoms with van der Waals surface area (Å²) in [6, 6.07) is 0. The molecule has 0 spiro atoms. The van der Waals surface area contributed by atoms with Crippen LogP contribution >= 0.6 is 0 Å². The smallest absolute Gasteiger partial charge is 0.336 e. The summed E-state index contributed by atoms with van der Waals surface area (Å²) in [5.74, 6) is -7.53. The number of carbonyl (C=O) groups is 5. The van der Waals surface area contributed by atoms with Gasteiger partial charge in [-0.25, -0.2) is 14.4 Å². The van der Waals surface area contributed by atoms with Crippen LogP contribution in [0.5, 0.6) is 0 Å². The number of aliphatic hydroxyl groups is 1. The number of aliphatic carboxylic acids is 5. The van der Waals surface area contributed by atoms with Crippen molar-refractivity contribution in [1.29, 1.82) is 0 Å². The molecule has 6 N–H and O–H groups in total. The first kappa shape index (κ1) is 29.3. The molecule has 0 aliphatic carbocycles. The molecule has 0 aliphatic heterocycles. The standard InChI is InChI=1S/C6H8O7.C4H4O4.2Zn/c7-3(8)1-6(13,5(11)12)2-4(9)10;5-3(6)1-2-4(7)8;;/h13H,1-2H2,(H,7,8)(H,9,10)(H,11,12);1-2H,(H,5,6)(H,7,8);;/b;2-1+;;. The Morgan fingerprint density at radius 1 is 0.696 bits per heavy atom. The molecular formula is C10H12O11Zn2. The molecule has 11 nitrogen and oxygen atoms in total. The molecule has 0 heterocycles. The summed E-state index contributed by atoms with van der Waals surface area (Å²) in [6.07, 6.45) is -1.17. The largest absolute Gasteiger partial charge is 0.481 e. The topological polar surface area (TPSA) is 207 Å². The van der Waals surface area contributed by atoms with Crippen molar-refractivity contribution in [2.45, 2.75) is 18.4 Å². The second-order valence-electron chi connectivity index (χ2n) is 3.49. The minimum Gasteiger partial charge on any atom is -0.481 e. The first-order chi connectivity index (χ1) is 9.40. The van der Waals surface area contributed by atoms with Crippen LogP contribution in [0.15, 0.2) is 12.2 Å². The maximum Gasteiger partial charge on any atom is 0.336 e. The first-order valence-corrected chi connectivity index (χ1v) is 4.94. The summed E-state index contributed by atoms with van der Waals surface area (Å²) >= 11 is 0. The van der Waals surface area contributed by atoms with Gasteiger partial charge in [-0.1, -0.05) is 0 Å². The van der Waals surface area contributed by atoms with Gasteiger partial charge in [0.05, 0.1) is 12.8 Å². The fourth-order valence-corrected chi connectivity index (χ4v) is 0.857. The second-order valence-corrected chi connectivity index (χ2v) is 3.49. The van der Waals surface area contributed by atoms with Gasteiger partial charge in [0.2, 0.25) is 0 Å². The van der Waals surface area contributed by atoms with E-state index >= 15 is 0 Å². The van der Waals surface area contributed by atoms with Gasteiger partial charge in [0.15, 0.2) is 5.60 Å². The van der Waals surface area contributed by atoms with Crippen molar-refractivity contribution in [3.8, 4) is 0 Å². The fraction of sp³-hybridized carbons (Fsp3) is 0.300. The van der Waals surface area contributed by atoms with E-state index in [1.165, 1.54) is 0 Å². The van der Waals surface area contributed by atoms with Crippen LogP contribution in [0.3, 0.4) is 0 Å². The Hall–Kier alpha value is -1.70.